The number of rotatable bonds is 5. The SMILES string of the molecule is Cc1ccccc1NC(=O)Cn1nc(-c2cccnc2)n(C2CC2)c1=O. The monoisotopic (exact) mass is 349 g/mol. The van der Waals surface area contributed by atoms with Crippen LogP contribution in [0.3, 0.4) is 0 Å². The highest BCUT2D eigenvalue weighted by Gasteiger charge is 2.30. The molecule has 7 nitrogen and oxygen atoms in total. The van der Waals surface area contributed by atoms with Crippen molar-refractivity contribution in [1.29, 1.82) is 0 Å². The van der Waals surface area contributed by atoms with Crippen molar-refractivity contribution in [2.45, 2.75) is 32.4 Å². The lowest BCUT2D eigenvalue weighted by molar-refractivity contribution is -0.117. The number of nitrogens with zero attached hydrogens (tertiary/aromatic N) is 4. The summed E-state index contributed by atoms with van der Waals surface area (Å²) in [5.41, 5.74) is 2.22. The van der Waals surface area contributed by atoms with Gasteiger partial charge in [0.05, 0.1) is 0 Å². The molecule has 4 rings (SSSR count). The first-order valence-electron chi connectivity index (χ1n) is 8.58. The van der Waals surface area contributed by atoms with Crippen molar-refractivity contribution in [3.05, 3.63) is 64.8 Å². The van der Waals surface area contributed by atoms with Crippen LogP contribution >= 0.6 is 0 Å². The molecule has 1 aromatic carbocycles. The van der Waals surface area contributed by atoms with Crippen molar-refractivity contribution < 1.29 is 4.79 Å². The summed E-state index contributed by atoms with van der Waals surface area (Å²) < 4.78 is 2.91. The minimum Gasteiger partial charge on any atom is -0.324 e. The third kappa shape index (κ3) is 3.15. The van der Waals surface area contributed by atoms with Gasteiger partial charge in [0.1, 0.15) is 6.54 Å². The molecule has 2 aromatic heterocycles. The van der Waals surface area contributed by atoms with Crippen molar-refractivity contribution in [1.82, 2.24) is 19.3 Å². The van der Waals surface area contributed by atoms with E-state index in [-0.39, 0.29) is 24.2 Å². The van der Waals surface area contributed by atoms with Crippen molar-refractivity contribution in [2.75, 3.05) is 5.32 Å². The zero-order valence-corrected chi connectivity index (χ0v) is 14.4. The molecule has 0 bridgehead atoms. The van der Waals surface area contributed by atoms with E-state index in [0.717, 1.165) is 29.7 Å². The van der Waals surface area contributed by atoms with E-state index >= 15 is 0 Å². The van der Waals surface area contributed by atoms with E-state index in [4.69, 9.17) is 0 Å². The van der Waals surface area contributed by atoms with Gasteiger partial charge in [0.25, 0.3) is 0 Å². The maximum atomic E-state index is 12.8. The third-order valence-corrected chi connectivity index (χ3v) is 4.41. The Hall–Kier alpha value is -3.22. The van der Waals surface area contributed by atoms with Gasteiger partial charge in [-0.2, -0.15) is 0 Å². The molecule has 0 atom stereocenters. The van der Waals surface area contributed by atoms with Gasteiger partial charge in [0.2, 0.25) is 5.91 Å². The van der Waals surface area contributed by atoms with Crippen LogP contribution in [0.1, 0.15) is 24.4 Å². The molecule has 1 N–H and O–H groups in total. The summed E-state index contributed by atoms with van der Waals surface area (Å²) in [6.07, 6.45) is 5.26. The van der Waals surface area contributed by atoms with Gasteiger partial charge in [-0.1, -0.05) is 18.2 Å². The van der Waals surface area contributed by atoms with E-state index in [1.54, 1.807) is 23.0 Å². The molecule has 2 heterocycles. The van der Waals surface area contributed by atoms with Gasteiger partial charge in [-0.15, -0.1) is 5.10 Å². The second-order valence-corrected chi connectivity index (χ2v) is 6.47. The quantitative estimate of drug-likeness (QED) is 0.767. The Balaban J connectivity index is 1.62. The molecule has 132 valence electrons. The fraction of sp³-hybridized carbons (Fsp3) is 0.263. The highest BCUT2D eigenvalue weighted by atomic mass is 16.2. The van der Waals surface area contributed by atoms with Crippen LogP contribution in [-0.4, -0.2) is 25.2 Å². The van der Waals surface area contributed by atoms with E-state index in [9.17, 15) is 9.59 Å². The first kappa shape index (κ1) is 16.3. The topological polar surface area (TPSA) is 81.8 Å². The standard InChI is InChI=1S/C19H19N5O2/c1-13-5-2-3-7-16(13)21-17(25)12-23-19(26)24(15-8-9-15)18(22-23)14-6-4-10-20-11-14/h2-7,10-11,15H,8-9,12H2,1H3,(H,21,25). The highest BCUT2D eigenvalue weighted by Crippen LogP contribution is 2.36. The Labute approximate surface area is 150 Å². The number of anilines is 1. The summed E-state index contributed by atoms with van der Waals surface area (Å²) in [4.78, 5) is 29.3. The van der Waals surface area contributed by atoms with Crippen LogP contribution < -0.4 is 11.0 Å². The van der Waals surface area contributed by atoms with Crippen LogP contribution in [0.5, 0.6) is 0 Å². The summed E-state index contributed by atoms with van der Waals surface area (Å²) in [6.45, 7) is 1.80. The van der Waals surface area contributed by atoms with Crippen LogP contribution in [0.25, 0.3) is 11.4 Å². The lowest BCUT2D eigenvalue weighted by Crippen LogP contribution is -2.30. The number of para-hydroxylation sites is 1. The summed E-state index contributed by atoms with van der Waals surface area (Å²) in [7, 11) is 0. The molecule has 1 aliphatic carbocycles. The van der Waals surface area contributed by atoms with E-state index in [1.165, 1.54) is 4.68 Å². The lowest BCUT2D eigenvalue weighted by atomic mass is 10.2. The van der Waals surface area contributed by atoms with Gasteiger partial charge >= 0.3 is 5.69 Å². The van der Waals surface area contributed by atoms with E-state index in [0.29, 0.717) is 5.82 Å². The molecular formula is C19H19N5O2. The Morgan fingerprint density at radius 3 is 2.73 bits per heavy atom. The average Bonchev–Trinajstić information content (AvgIpc) is 3.43. The van der Waals surface area contributed by atoms with Gasteiger partial charge in [-0.3, -0.25) is 14.3 Å². The summed E-state index contributed by atoms with van der Waals surface area (Å²) in [5, 5.41) is 7.25. The zero-order valence-electron chi connectivity index (χ0n) is 14.4. The normalized spacial score (nSPS) is 13.6. The van der Waals surface area contributed by atoms with Crippen molar-refractivity contribution in [3.8, 4) is 11.4 Å². The maximum Gasteiger partial charge on any atom is 0.346 e. The minimum atomic E-state index is -0.278. The molecule has 0 aliphatic heterocycles. The Morgan fingerprint density at radius 2 is 2.04 bits per heavy atom. The molecule has 1 saturated carbocycles. The van der Waals surface area contributed by atoms with Crippen molar-refractivity contribution >= 4 is 11.6 Å². The largest absolute Gasteiger partial charge is 0.346 e. The second-order valence-electron chi connectivity index (χ2n) is 6.47. The molecule has 1 fully saturated rings. The number of carbonyl (C=O) groups excluding carboxylic acids is 1. The fourth-order valence-electron chi connectivity index (χ4n) is 2.92. The smallest absolute Gasteiger partial charge is 0.324 e. The fourth-order valence-corrected chi connectivity index (χ4v) is 2.92. The molecule has 0 spiro atoms. The van der Waals surface area contributed by atoms with Crippen molar-refractivity contribution in [2.24, 2.45) is 0 Å². The molecule has 26 heavy (non-hydrogen) atoms. The van der Waals surface area contributed by atoms with Gasteiger partial charge in [-0.25, -0.2) is 9.48 Å². The van der Waals surface area contributed by atoms with Crippen LogP contribution in [0, 0.1) is 6.92 Å². The molecule has 0 saturated heterocycles. The molecule has 0 radical (unpaired) electrons. The van der Waals surface area contributed by atoms with E-state index in [1.807, 2.05) is 37.3 Å². The molecular weight excluding hydrogens is 330 g/mol. The Kier molecular flexibility index (Phi) is 4.12. The number of aromatic nitrogens is 4. The number of carbonyl (C=O) groups is 1. The van der Waals surface area contributed by atoms with E-state index < -0.39 is 0 Å². The van der Waals surface area contributed by atoms with Gasteiger partial charge in [0.15, 0.2) is 5.82 Å². The number of hydrogen-bond acceptors (Lipinski definition) is 4. The number of hydrogen-bond donors (Lipinski definition) is 1. The predicted molar refractivity (Wildman–Crippen MR) is 97.8 cm³/mol. The number of nitrogens with one attached hydrogen (secondary N) is 1. The van der Waals surface area contributed by atoms with Gasteiger partial charge in [-0.05, 0) is 43.5 Å². The Morgan fingerprint density at radius 1 is 1.23 bits per heavy atom. The summed E-state index contributed by atoms with van der Waals surface area (Å²) in [5.74, 6) is 0.286. The molecule has 3 aromatic rings. The van der Waals surface area contributed by atoms with Crippen LogP contribution in [0.4, 0.5) is 5.69 Å². The average molecular weight is 349 g/mol. The summed E-state index contributed by atoms with van der Waals surface area (Å²) in [6, 6.07) is 11.4. The third-order valence-electron chi connectivity index (χ3n) is 4.41. The molecule has 1 amide bonds. The predicted octanol–water partition coefficient (Wildman–Crippen LogP) is 2.39. The molecule has 7 heteroatoms. The number of amides is 1. The molecule has 1 aliphatic rings. The molecule has 0 unspecified atom stereocenters. The van der Waals surface area contributed by atoms with Crippen LogP contribution in [0.2, 0.25) is 0 Å². The van der Waals surface area contributed by atoms with Gasteiger partial charge < -0.3 is 5.32 Å². The first-order chi connectivity index (χ1) is 12.6. The van der Waals surface area contributed by atoms with Crippen LogP contribution in [0.15, 0.2) is 53.6 Å². The minimum absolute atomic E-state index is 0.125. The first-order valence-corrected chi connectivity index (χ1v) is 8.58. The van der Waals surface area contributed by atoms with Gasteiger partial charge in [0, 0.05) is 29.7 Å². The number of pyridine rings is 1. The number of benzene rings is 1. The number of aryl methyl sites for hydroxylation is 1. The van der Waals surface area contributed by atoms with Crippen molar-refractivity contribution in [3.63, 3.8) is 0 Å². The second kappa shape index (κ2) is 6.59. The summed E-state index contributed by atoms with van der Waals surface area (Å²) >= 11 is 0. The highest BCUT2D eigenvalue weighted by molar-refractivity contribution is 5.91. The lowest BCUT2D eigenvalue weighted by Gasteiger charge is -2.07. The maximum absolute atomic E-state index is 12.8. The van der Waals surface area contributed by atoms with Crippen LogP contribution in [-0.2, 0) is 11.3 Å². The zero-order chi connectivity index (χ0) is 18.1. The van der Waals surface area contributed by atoms with E-state index in [2.05, 4.69) is 15.4 Å². The Bertz CT molecular complexity index is 1000.